The van der Waals surface area contributed by atoms with Crippen LogP contribution in [0.5, 0.6) is 5.75 Å². The first-order valence-corrected chi connectivity index (χ1v) is 9.38. The molecule has 1 aromatic rings. The number of nitrogens with zero attached hydrogens (tertiary/aromatic N) is 1. The predicted octanol–water partition coefficient (Wildman–Crippen LogP) is 3.33. The van der Waals surface area contributed by atoms with E-state index >= 15 is 0 Å². The zero-order chi connectivity index (χ0) is 20.1. The molecule has 160 valence electrons. The van der Waals surface area contributed by atoms with E-state index in [2.05, 4.69) is 33.1 Å². The van der Waals surface area contributed by atoms with Crippen molar-refractivity contribution in [1.29, 1.82) is 0 Å². The van der Waals surface area contributed by atoms with Gasteiger partial charge in [0.25, 0.3) is 0 Å². The minimum atomic E-state index is -0.472. The molecule has 1 rings (SSSR count). The lowest BCUT2D eigenvalue weighted by Crippen LogP contribution is -2.39. The second kappa shape index (κ2) is 14.3. The number of guanidine groups is 1. The van der Waals surface area contributed by atoms with E-state index in [9.17, 15) is 4.79 Å². The van der Waals surface area contributed by atoms with E-state index in [1.165, 1.54) is 5.56 Å². The summed E-state index contributed by atoms with van der Waals surface area (Å²) in [6.45, 7) is 7.64. The third kappa shape index (κ3) is 12.6. The fourth-order valence-corrected chi connectivity index (χ4v) is 2.31. The Morgan fingerprint density at radius 1 is 1.00 bits per heavy atom. The lowest BCUT2D eigenvalue weighted by atomic mass is 10.1. The van der Waals surface area contributed by atoms with Gasteiger partial charge < -0.3 is 25.4 Å². The first kappa shape index (κ1) is 26.3. The van der Waals surface area contributed by atoms with Crippen molar-refractivity contribution in [2.45, 2.75) is 45.6 Å². The summed E-state index contributed by atoms with van der Waals surface area (Å²) in [6.07, 6.45) is 2.40. The van der Waals surface area contributed by atoms with Gasteiger partial charge in [0.2, 0.25) is 0 Å². The van der Waals surface area contributed by atoms with Gasteiger partial charge in [0.05, 0.1) is 7.11 Å². The van der Waals surface area contributed by atoms with Gasteiger partial charge in [0, 0.05) is 26.7 Å². The van der Waals surface area contributed by atoms with Crippen LogP contribution in [-0.2, 0) is 11.2 Å². The fourth-order valence-electron chi connectivity index (χ4n) is 2.31. The van der Waals surface area contributed by atoms with Crippen molar-refractivity contribution < 1.29 is 14.3 Å². The van der Waals surface area contributed by atoms with E-state index in [1.807, 2.05) is 32.9 Å². The summed E-state index contributed by atoms with van der Waals surface area (Å²) < 4.78 is 10.4. The first-order valence-electron chi connectivity index (χ1n) is 9.38. The summed E-state index contributed by atoms with van der Waals surface area (Å²) in [7, 11) is 3.42. The van der Waals surface area contributed by atoms with Gasteiger partial charge in [-0.3, -0.25) is 4.99 Å². The molecule has 0 atom stereocenters. The molecule has 0 aliphatic heterocycles. The van der Waals surface area contributed by atoms with Crippen molar-refractivity contribution in [3.8, 4) is 5.75 Å². The van der Waals surface area contributed by atoms with Crippen molar-refractivity contribution >= 4 is 36.0 Å². The zero-order valence-electron chi connectivity index (χ0n) is 17.6. The van der Waals surface area contributed by atoms with Crippen molar-refractivity contribution in [2.24, 2.45) is 4.99 Å². The second-order valence-electron chi connectivity index (χ2n) is 7.16. The Labute approximate surface area is 186 Å². The van der Waals surface area contributed by atoms with Gasteiger partial charge in [0.1, 0.15) is 11.4 Å². The van der Waals surface area contributed by atoms with Gasteiger partial charge in [-0.15, -0.1) is 24.0 Å². The van der Waals surface area contributed by atoms with Gasteiger partial charge in [-0.2, -0.15) is 0 Å². The molecule has 3 N–H and O–H groups in total. The fraction of sp³-hybridized carbons (Fsp3) is 0.600. The van der Waals surface area contributed by atoms with Crippen LogP contribution in [0, 0.1) is 0 Å². The van der Waals surface area contributed by atoms with E-state index in [-0.39, 0.29) is 30.1 Å². The molecule has 0 aliphatic rings. The quantitative estimate of drug-likeness (QED) is 0.207. The second-order valence-corrected chi connectivity index (χ2v) is 7.16. The maximum Gasteiger partial charge on any atom is 0.407 e. The maximum atomic E-state index is 11.5. The molecule has 0 aliphatic carbocycles. The Balaban J connectivity index is 0.00000729. The number of nitrogens with one attached hydrogen (secondary N) is 3. The van der Waals surface area contributed by atoms with E-state index < -0.39 is 5.60 Å². The number of carbonyl (C=O) groups excluding carboxylic acids is 1. The van der Waals surface area contributed by atoms with Crippen LogP contribution < -0.4 is 20.7 Å². The van der Waals surface area contributed by atoms with Gasteiger partial charge in [-0.05, 0) is 57.7 Å². The minimum absolute atomic E-state index is 0. The highest BCUT2D eigenvalue weighted by Crippen LogP contribution is 2.12. The smallest absolute Gasteiger partial charge is 0.407 e. The normalized spacial score (nSPS) is 11.2. The molecule has 0 heterocycles. The van der Waals surface area contributed by atoms with E-state index in [4.69, 9.17) is 9.47 Å². The molecule has 0 spiro atoms. The Kier molecular flexibility index (Phi) is 13.4. The average molecular weight is 506 g/mol. The molecule has 0 aromatic heterocycles. The zero-order valence-corrected chi connectivity index (χ0v) is 20.0. The summed E-state index contributed by atoms with van der Waals surface area (Å²) in [6, 6.07) is 8.14. The van der Waals surface area contributed by atoms with Gasteiger partial charge in [-0.1, -0.05) is 12.1 Å². The van der Waals surface area contributed by atoms with Crippen LogP contribution in [0.15, 0.2) is 29.3 Å². The largest absolute Gasteiger partial charge is 0.497 e. The standard InChI is InChI=1S/C20H34N4O3.HI/c1-20(2,3)27-19(25)24-15-7-14-23-18(21-4)22-13-6-8-16-9-11-17(26-5)12-10-16;/h9-12H,6-8,13-15H2,1-5H3,(H,24,25)(H2,21,22,23);1H. The predicted molar refractivity (Wildman–Crippen MR) is 125 cm³/mol. The van der Waals surface area contributed by atoms with Crippen LogP contribution in [0.4, 0.5) is 4.79 Å². The maximum absolute atomic E-state index is 11.5. The third-order valence-corrected chi connectivity index (χ3v) is 3.63. The monoisotopic (exact) mass is 506 g/mol. The molecular weight excluding hydrogens is 471 g/mol. The molecule has 0 saturated heterocycles. The Morgan fingerprint density at radius 3 is 2.11 bits per heavy atom. The number of methoxy groups -OCH3 is 1. The van der Waals surface area contributed by atoms with Crippen molar-refractivity contribution in [1.82, 2.24) is 16.0 Å². The summed E-state index contributed by atoms with van der Waals surface area (Å²) >= 11 is 0. The van der Waals surface area contributed by atoms with E-state index in [0.29, 0.717) is 13.1 Å². The minimum Gasteiger partial charge on any atom is -0.497 e. The molecule has 0 bridgehead atoms. The summed E-state index contributed by atoms with van der Waals surface area (Å²) in [5, 5.41) is 9.27. The van der Waals surface area contributed by atoms with Crippen LogP contribution in [0.3, 0.4) is 0 Å². The molecule has 7 nitrogen and oxygen atoms in total. The van der Waals surface area contributed by atoms with Crippen molar-refractivity contribution in [3.63, 3.8) is 0 Å². The van der Waals surface area contributed by atoms with Crippen molar-refractivity contribution in [2.75, 3.05) is 33.8 Å². The summed E-state index contributed by atoms with van der Waals surface area (Å²) in [4.78, 5) is 15.7. The highest BCUT2D eigenvalue weighted by Gasteiger charge is 2.15. The number of carbonyl (C=O) groups is 1. The highest BCUT2D eigenvalue weighted by molar-refractivity contribution is 14.0. The van der Waals surface area contributed by atoms with Gasteiger partial charge in [-0.25, -0.2) is 4.79 Å². The molecule has 0 unspecified atom stereocenters. The lowest BCUT2D eigenvalue weighted by Gasteiger charge is -2.19. The summed E-state index contributed by atoms with van der Waals surface area (Å²) in [5.74, 6) is 1.64. The number of ether oxygens (including phenoxy) is 2. The first-order chi connectivity index (χ1) is 12.8. The number of aryl methyl sites for hydroxylation is 1. The number of hydrogen-bond acceptors (Lipinski definition) is 4. The molecule has 1 aromatic carbocycles. The molecule has 0 saturated carbocycles. The SMILES string of the molecule is CN=C(NCCCNC(=O)OC(C)(C)C)NCCCc1ccc(OC)cc1.I. The molecule has 8 heteroatoms. The van der Waals surface area contributed by atoms with Gasteiger partial charge >= 0.3 is 6.09 Å². The van der Waals surface area contributed by atoms with E-state index in [0.717, 1.165) is 37.5 Å². The Morgan fingerprint density at radius 2 is 1.57 bits per heavy atom. The van der Waals surface area contributed by atoms with Crippen LogP contribution in [0.25, 0.3) is 0 Å². The average Bonchev–Trinajstić information content (AvgIpc) is 2.62. The molecule has 28 heavy (non-hydrogen) atoms. The Hall–Kier alpha value is -1.71. The third-order valence-electron chi connectivity index (χ3n) is 3.63. The number of aliphatic imine (C=N–C) groups is 1. The van der Waals surface area contributed by atoms with Crippen LogP contribution in [-0.4, -0.2) is 51.4 Å². The number of amides is 1. The van der Waals surface area contributed by atoms with Crippen LogP contribution >= 0.6 is 24.0 Å². The number of halogens is 1. The molecule has 0 fully saturated rings. The van der Waals surface area contributed by atoms with Crippen molar-refractivity contribution in [3.05, 3.63) is 29.8 Å². The van der Waals surface area contributed by atoms with Crippen LogP contribution in [0.2, 0.25) is 0 Å². The molecular formula is C20H35IN4O3. The highest BCUT2D eigenvalue weighted by atomic mass is 127. The summed E-state index contributed by atoms with van der Waals surface area (Å²) in [5.41, 5.74) is 0.814. The molecule has 0 radical (unpaired) electrons. The topological polar surface area (TPSA) is 84.0 Å². The number of hydrogen-bond donors (Lipinski definition) is 3. The van der Waals surface area contributed by atoms with E-state index in [1.54, 1.807) is 14.2 Å². The van der Waals surface area contributed by atoms with Gasteiger partial charge in [0.15, 0.2) is 5.96 Å². The number of rotatable bonds is 9. The van der Waals surface area contributed by atoms with Crippen LogP contribution in [0.1, 0.15) is 39.2 Å². The lowest BCUT2D eigenvalue weighted by molar-refractivity contribution is 0.0527. The Bertz CT molecular complexity index is 586. The number of alkyl carbamates (subject to hydrolysis) is 1. The number of benzene rings is 1. The molecule has 1 amide bonds.